The van der Waals surface area contributed by atoms with Crippen LogP contribution in [0.25, 0.3) is 12.2 Å². The second-order valence-electron chi connectivity index (χ2n) is 8.56. The predicted octanol–water partition coefficient (Wildman–Crippen LogP) is 7.46. The van der Waals surface area contributed by atoms with E-state index >= 15 is 0 Å². The van der Waals surface area contributed by atoms with Gasteiger partial charge in [-0.3, -0.25) is 0 Å². The Morgan fingerprint density at radius 3 is 2.31 bits per heavy atom. The molecule has 26 heavy (non-hydrogen) atoms. The molecule has 0 bridgehead atoms. The van der Waals surface area contributed by atoms with E-state index in [-0.39, 0.29) is 0 Å². The molecular weight excluding hydrogens is 312 g/mol. The quantitative estimate of drug-likeness (QED) is 0.529. The second-order valence-corrected chi connectivity index (χ2v) is 8.56. The maximum absolute atomic E-state index is 2.48. The normalized spacial score (nSPS) is 17.8. The monoisotopic (exact) mass is 342 g/mol. The summed E-state index contributed by atoms with van der Waals surface area (Å²) in [4.78, 5) is 0. The van der Waals surface area contributed by atoms with Crippen molar-refractivity contribution < 1.29 is 0 Å². The summed E-state index contributed by atoms with van der Waals surface area (Å²) in [6, 6.07) is 13.7. The highest BCUT2D eigenvalue weighted by Crippen LogP contribution is 2.40. The fourth-order valence-electron chi connectivity index (χ4n) is 4.66. The van der Waals surface area contributed by atoms with Gasteiger partial charge in [0.2, 0.25) is 0 Å². The van der Waals surface area contributed by atoms with E-state index in [1.807, 2.05) is 0 Å². The van der Waals surface area contributed by atoms with Crippen molar-refractivity contribution in [2.45, 2.75) is 64.7 Å². The van der Waals surface area contributed by atoms with Gasteiger partial charge in [0.25, 0.3) is 0 Å². The maximum atomic E-state index is 2.48. The smallest absolute Gasteiger partial charge is 0.00303 e. The lowest BCUT2D eigenvalue weighted by molar-refractivity contribution is 0.731. The van der Waals surface area contributed by atoms with Crippen molar-refractivity contribution >= 4 is 12.2 Å². The van der Waals surface area contributed by atoms with Crippen molar-refractivity contribution in [1.29, 1.82) is 0 Å². The van der Waals surface area contributed by atoms with Gasteiger partial charge in [-0.05, 0) is 64.5 Å². The van der Waals surface area contributed by atoms with E-state index in [0.29, 0.717) is 17.8 Å². The molecule has 0 saturated heterocycles. The lowest BCUT2D eigenvalue weighted by Crippen LogP contribution is -1.98. The summed E-state index contributed by atoms with van der Waals surface area (Å²) in [6.45, 7) is 9.19. The van der Waals surface area contributed by atoms with E-state index in [9.17, 15) is 0 Å². The minimum atomic E-state index is 0.581. The van der Waals surface area contributed by atoms with Gasteiger partial charge >= 0.3 is 0 Å². The summed E-state index contributed by atoms with van der Waals surface area (Å²) < 4.78 is 0. The molecule has 1 unspecified atom stereocenters. The first-order valence-corrected chi connectivity index (χ1v) is 10.2. The lowest BCUT2D eigenvalue weighted by Gasteiger charge is -2.15. The second kappa shape index (κ2) is 6.91. The van der Waals surface area contributed by atoms with Crippen LogP contribution < -0.4 is 0 Å². The van der Waals surface area contributed by atoms with Crippen LogP contribution in [0.1, 0.15) is 91.7 Å². The van der Waals surface area contributed by atoms with Gasteiger partial charge < -0.3 is 0 Å². The van der Waals surface area contributed by atoms with Crippen LogP contribution in [0.15, 0.2) is 48.0 Å². The Labute approximate surface area is 158 Å². The average Bonchev–Trinajstić information content (AvgIpc) is 3.22. The Balaban J connectivity index is 1.49. The van der Waals surface area contributed by atoms with Crippen LogP contribution in [0.2, 0.25) is 0 Å². The first-order valence-electron chi connectivity index (χ1n) is 10.2. The molecular formula is C26H30. The Hall–Kier alpha value is -2.08. The van der Waals surface area contributed by atoms with E-state index in [1.165, 1.54) is 46.2 Å². The van der Waals surface area contributed by atoms with Crippen molar-refractivity contribution in [3.05, 3.63) is 81.4 Å². The lowest BCUT2D eigenvalue weighted by atomic mass is 9.89. The van der Waals surface area contributed by atoms with Crippen LogP contribution >= 0.6 is 0 Å². The number of fused-ring (bicyclic) bond motifs is 2. The molecule has 134 valence electrons. The predicted molar refractivity (Wildman–Crippen MR) is 114 cm³/mol. The molecule has 0 saturated carbocycles. The van der Waals surface area contributed by atoms with Gasteiger partial charge in [0, 0.05) is 5.92 Å². The third-order valence-electron chi connectivity index (χ3n) is 6.08. The summed E-state index contributed by atoms with van der Waals surface area (Å²) in [5.41, 5.74) is 10.7. The zero-order valence-electron chi connectivity index (χ0n) is 16.5. The summed E-state index contributed by atoms with van der Waals surface area (Å²) in [5, 5.41) is 0. The molecule has 0 amide bonds. The molecule has 2 aliphatic rings. The zero-order valence-corrected chi connectivity index (χ0v) is 16.5. The molecule has 0 fully saturated rings. The van der Waals surface area contributed by atoms with E-state index in [2.05, 4.69) is 82.3 Å². The van der Waals surface area contributed by atoms with Crippen LogP contribution in [0, 0.1) is 0 Å². The van der Waals surface area contributed by atoms with Gasteiger partial charge in [-0.2, -0.15) is 0 Å². The molecule has 0 spiro atoms. The number of benzene rings is 2. The van der Waals surface area contributed by atoms with Crippen molar-refractivity contribution in [2.24, 2.45) is 0 Å². The van der Waals surface area contributed by atoms with E-state index in [0.717, 1.165) is 6.42 Å². The Morgan fingerprint density at radius 2 is 1.58 bits per heavy atom. The third-order valence-corrected chi connectivity index (χ3v) is 6.08. The number of rotatable bonds is 5. The molecule has 1 atom stereocenters. The number of hydrogen-bond donors (Lipinski definition) is 0. The van der Waals surface area contributed by atoms with Crippen molar-refractivity contribution in [3.8, 4) is 0 Å². The van der Waals surface area contributed by atoms with Gasteiger partial charge in [-0.25, -0.2) is 0 Å². The molecule has 0 radical (unpaired) electrons. The molecule has 0 heterocycles. The van der Waals surface area contributed by atoms with Crippen LogP contribution in [-0.4, -0.2) is 0 Å². The Kier molecular flexibility index (Phi) is 4.61. The van der Waals surface area contributed by atoms with Gasteiger partial charge in [0.1, 0.15) is 0 Å². The van der Waals surface area contributed by atoms with Gasteiger partial charge in [0.15, 0.2) is 0 Å². The minimum Gasteiger partial charge on any atom is -0.0764 e. The van der Waals surface area contributed by atoms with Gasteiger partial charge in [-0.1, -0.05) is 87.9 Å². The summed E-state index contributed by atoms with van der Waals surface area (Å²) in [7, 11) is 0. The minimum absolute atomic E-state index is 0.581. The molecule has 0 N–H and O–H groups in total. The molecule has 0 nitrogen and oxygen atoms in total. The molecule has 0 heteroatoms. The van der Waals surface area contributed by atoms with Crippen LogP contribution in [-0.2, 0) is 6.42 Å². The first-order chi connectivity index (χ1) is 12.5. The maximum Gasteiger partial charge on any atom is 0.00303 e. The molecule has 2 aliphatic carbocycles. The van der Waals surface area contributed by atoms with Crippen LogP contribution in [0.3, 0.4) is 0 Å². The molecule has 4 rings (SSSR count). The molecule has 2 aromatic carbocycles. The van der Waals surface area contributed by atoms with E-state index in [1.54, 1.807) is 5.57 Å². The fourth-order valence-corrected chi connectivity index (χ4v) is 4.66. The summed E-state index contributed by atoms with van der Waals surface area (Å²) in [5.74, 6) is 1.77. The number of hydrogen-bond acceptors (Lipinski definition) is 0. The van der Waals surface area contributed by atoms with Crippen LogP contribution in [0.4, 0.5) is 0 Å². The van der Waals surface area contributed by atoms with Crippen molar-refractivity contribution in [2.75, 3.05) is 0 Å². The summed E-state index contributed by atoms with van der Waals surface area (Å²) in [6.07, 6.45) is 10.8. The highest BCUT2D eigenvalue weighted by Gasteiger charge is 2.22. The first kappa shape index (κ1) is 17.3. The largest absolute Gasteiger partial charge is 0.0764 e. The topological polar surface area (TPSA) is 0 Å². The summed E-state index contributed by atoms with van der Waals surface area (Å²) >= 11 is 0. The van der Waals surface area contributed by atoms with E-state index < -0.39 is 0 Å². The molecule has 0 aliphatic heterocycles. The third kappa shape index (κ3) is 3.07. The molecule has 0 aromatic heterocycles. The molecule has 2 aromatic rings. The van der Waals surface area contributed by atoms with Crippen molar-refractivity contribution in [1.82, 2.24) is 0 Å². The highest BCUT2D eigenvalue weighted by molar-refractivity contribution is 5.68. The van der Waals surface area contributed by atoms with Crippen LogP contribution in [0.5, 0.6) is 0 Å². The SMILES string of the molecule is CC(C)c1cccc2c1C=C(CCC1C=Cc3c(C(C)C)cccc31)C2. The Morgan fingerprint density at radius 1 is 0.885 bits per heavy atom. The number of allylic oxidation sites excluding steroid dienone is 2. The zero-order chi connectivity index (χ0) is 18.3. The van der Waals surface area contributed by atoms with Gasteiger partial charge in [-0.15, -0.1) is 0 Å². The van der Waals surface area contributed by atoms with Crippen molar-refractivity contribution in [3.63, 3.8) is 0 Å². The van der Waals surface area contributed by atoms with E-state index in [4.69, 9.17) is 0 Å². The standard InChI is InChI=1S/C26H30/c1-17(2)22-9-6-10-24-20(13-14-25(22)24)12-11-19-15-21-7-5-8-23(18(3)4)26(21)16-19/h5-10,13-14,16-18,20H,11-12,15H2,1-4H3. The Bertz CT molecular complexity index is 877. The average molecular weight is 343 g/mol. The van der Waals surface area contributed by atoms with Gasteiger partial charge in [0.05, 0.1) is 0 Å². The highest BCUT2D eigenvalue weighted by atomic mass is 14.3. The fraction of sp³-hybridized carbons (Fsp3) is 0.385.